The Labute approximate surface area is 153 Å². The molecule has 4 heterocycles. The zero-order chi connectivity index (χ0) is 19.0. The Morgan fingerprint density at radius 3 is 2.56 bits per heavy atom. The van der Waals surface area contributed by atoms with Crippen molar-refractivity contribution in [1.29, 1.82) is 0 Å². The lowest BCUT2D eigenvalue weighted by Crippen LogP contribution is -2.30. The second-order valence-corrected chi connectivity index (χ2v) is 6.03. The van der Waals surface area contributed by atoms with Gasteiger partial charge in [-0.05, 0) is 45.0 Å². The fourth-order valence-corrected chi connectivity index (χ4v) is 2.79. The molecule has 0 saturated carbocycles. The smallest absolute Gasteiger partial charge is 0.270 e. The molecule has 1 amide bonds. The molecule has 0 bridgehead atoms. The third kappa shape index (κ3) is 3.22. The quantitative estimate of drug-likeness (QED) is 0.531. The molecule has 4 aromatic rings. The summed E-state index contributed by atoms with van der Waals surface area (Å²) in [6.45, 7) is 5.45. The summed E-state index contributed by atoms with van der Waals surface area (Å²) in [7, 11) is 0. The van der Waals surface area contributed by atoms with E-state index in [0.29, 0.717) is 34.0 Å². The lowest BCUT2D eigenvalue weighted by molar-refractivity contribution is 0.0963. The van der Waals surface area contributed by atoms with E-state index < -0.39 is 5.91 Å². The second-order valence-electron chi connectivity index (χ2n) is 6.03. The van der Waals surface area contributed by atoms with Gasteiger partial charge in [-0.2, -0.15) is 0 Å². The Kier molecular flexibility index (Phi) is 4.03. The van der Waals surface area contributed by atoms with Gasteiger partial charge in [0.1, 0.15) is 5.69 Å². The van der Waals surface area contributed by atoms with Gasteiger partial charge in [-0.15, -0.1) is 0 Å². The summed E-state index contributed by atoms with van der Waals surface area (Å²) in [6.07, 6.45) is 1.53. The Bertz CT molecular complexity index is 1110. The van der Waals surface area contributed by atoms with Crippen LogP contribution in [0.5, 0.6) is 0 Å². The van der Waals surface area contributed by atoms with Crippen molar-refractivity contribution in [3.63, 3.8) is 0 Å². The van der Waals surface area contributed by atoms with Crippen molar-refractivity contribution in [1.82, 2.24) is 25.5 Å². The molecular formula is C18H16N6O3. The van der Waals surface area contributed by atoms with Crippen LogP contribution in [0.25, 0.3) is 22.6 Å². The third-order valence-electron chi connectivity index (χ3n) is 3.91. The van der Waals surface area contributed by atoms with Crippen LogP contribution in [0.4, 0.5) is 5.95 Å². The van der Waals surface area contributed by atoms with Crippen molar-refractivity contribution >= 4 is 23.0 Å². The number of aryl methyl sites for hydroxylation is 3. The van der Waals surface area contributed by atoms with Crippen LogP contribution < -0.4 is 10.9 Å². The largest absolute Gasteiger partial charge is 0.463 e. The molecule has 9 heteroatoms. The first-order chi connectivity index (χ1) is 13.0. The zero-order valence-electron chi connectivity index (χ0n) is 14.9. The number of hydrogen-bond acceptors (Lipinski definition) is 8. The number of amides is 1. The van der Waals surface area contributed by atoms with Crippen molar-refractivity contribution in [3.8, 4) is 11.5 Å². The first kappa shape index (κ1) is 16.7. The lowest BCUT2D eigenvalue weighted by atomic mass is 10.1. The lowest BCUT2D eigenvalue weighted by Gasteiger charge is -2.09. The Morgan fingerprint density at radius 1 is 1.07 bits per heavy atom. The van der Waals surface area contributed by atoms with E-state index in [2.05, 4.69) is 31.0 Å². The molecule has 0 aromatic carbocycles. The van der Waals surface area contributed by atoms with E-state index in [0.717, 1.165) is 11.4 Å². The Morgan fingerprint density at radius 2 is 1.85 bits per heavy atom. The second kappa shape index (κ2) is 6.52. The number of hydrazine groups is 1. The first-order valence-corrected chi connectivity index (χ1v) is 8.21. The van der Waals surface area contributed by atoms with Gasteiger partial charge in [-0.3, -0.25) is 15.6 Å². The number of carbonyl (C=O) groups excluding carboxylic acids is 1. The fraction of sp³-hybridized carbons (Fsp3) is 0.167. The zero-order valence-corrected chi connectivity index (χ0v) is 14.9. The molecule has 136 valence electrons. The molecule has 0 unspecified atom stereocenters. The Hall–Kier alpha value is -3.75. The van der Waals surface area contributed by atoms with E-state index >= 15 is 0 Å². The third-order valence-corrected chi connectivity index (χ3v) is 3.91. The highest BCUT2D eigenvalue weighted by Gasteiger charge is 2.20. The molecule has 2 N–H and O–H groups in total. The molecule has 27 heavy (non-hydrogen) atoms. The number of rotatable bonds is 4. The summed E-state index contributed by atoms with van der Waals surface area (Å²) in [6, 6.07) is 6.96. The van der Waals surface area contributed by atoms with E-state index in [9.17, 15) is 4.79 Å². The summed E-state index contributed by atoms with van der Waals surface area (Å²) in [5, 5.41) is 4.44. The topological polar surface area (TPSA) is 119 Å². The van der Waals surface area contributed by atoms with E-state index in [-0.39, 0.29) is 5.71 Å². The van der Waals surface area contributed by atoms with Gasteiger partial charge in [0, 0.05) is 11.4 Å². The highest BCUT2D eigenvalue weighted by molar-refractivity contribution is 6.07. The van der Waals surface area contributed by atoms with Crippen molar-refractivity contribution < 1.29 is 13.7 Å². The maximum Gasteiger partial charge on any atom is 0.270 e. The predicted molar refractivity (Wildman–Crippen MR) is 96.8 cm³/mol. The summed E-state index contributed by atoms with van der Waals surface area (Å²) in [5.41, 5.74) is 8.57. The van der Waals surface area contributed by atoms with Crippen LogP contribution in [0, 0.1) is 20.8 Å². The minimum Gasteiger partial charge on any atom is -0.463 e. The highest BCUT2D eigenvalue weighted by atomic mass is 16.5. The van der Waals surface area contributed by atoms with Gasteiger partial charge in [0.15, 0.2) is 5.76 Å². The summed E-state index contributed by atoms with van der Waals surface area (Å²) in [4.78, 5) is 25.7. The highest BCUT2D eigenvalue weighted by Crippen LogP contribution is 2.27. The van der Waals surface area contributed by atoms with Crippen LogP contribution in [0.1, 0.15) is 27.4 Å². The maximum atomic E-state index is 12.8. The van der Waals surface area contributed by atoms with Gasteiger partial charge in [0.25, 0.3) is 11.6 Å². The van der Waals surface area contributed by atoms with Gasteiger partial charge in [-0.25, -0.2) is 15.0 Å². The van der Waals surface area contributed by atoms with Crippen LogP contribution >= 0.6 is 0 Å². The number of anilines is 1. The summed E-state index contributed by atoms with van der Waals surface area (Å²) < 4.78 is 10.6. The SMILES string of the molecule is Cc1cc(C)nc(NNC(=O)c2cc(-c3ccco3)nc3onc(C)c23)n1. The summed E-state index contributed by atoms with van der Waals surface area (Å²) in [5.74, 6) is 0.425. The molecule has 0 aliphatic carbocycles. The van der Waals surface area contributed by atoms with Gasteiger partial charge >= 0.3 is 0 Å². The molecule has 9 nitrogen and oxygen atoms in total. The van der Waals surface area contributed by atoms with Gasteiger partial charge < -0.3 is 8.94 Å². The molecule has 0 fully saturated rings. The summed E-state index contributed by atoms with van der Waals surface area (Å²) >= 11 is 0. The van der Waals surface area contributed by atoms with Crippen molar-refractivity contribution in [2.75, 3.05) is 5.43 Å². The number of pyridine rings is 1. The van der Waals surface area contributed by atoms with E-state index in [4.69, 9.17) is 8.94 Å². The number of aromatic nitrogens is 4. The average Bonchev–Trinajstić information content (AvgIpc) is 3.28. The van der Waals surface area contributed by atoms with E-state index in [1.165, 1.54) is 6.26 Å². The van der Waals surface area contributed by atoms with Crippen LogP contribution in [0.3, 0.4) is 0 Å². The fourth-order valence-electron chi connectivity index (χ4n) is 2.79. The minimum atomic E-state index is -0.399. The molecule has 0 aliphatic heterocycles. The molecule has 4 rings (SSSR count). The average molecular weight is 364 g/mol. The maximum absolute atomic E-state index is 12.8. The Balaban J connectivity index is 1.69. The van der Waals surface area contributed by atoms with Crippen molar-refractivity contribution in [2.24, 2.45) is 0 Å². The van der Waals surface area contributed by atoms with Gasteiger partial charge in [0.2, 0.25) is 5.95 Å². The van der Waals surface area contributed by atoms with Crippen LogP contribution in [0.2, 0.25) is 0 Å². The van der Waals surface area contributed by atoms with E-state index in [1.807, 2.05) is 19.9 Å². The predicted octanol–water partition coefficient (Wildman–Crippen LogP) is 2.95. The molecule has 0 radical (unpaired) electrons. The molecule has 0 atom stereocenters. The van der Waals surface area contributed by atoms with E-state index in [1.54, 1.807) is 25.1 Å². The monoisotopic (exact) mass is 364 g/mol. The molecule has 0 aliphatic rings. The van der Waals surface area contributed by atoms with Crippen LogP contribution in [-0.2, 0) is 0 Å². The first-order valence-electron chi connectivity index (χ1n) is 8.21. The molecule has 0 spiro atoms. The molecular weight excluding hydrogens is 348 g/mol. The van der Waals surface area contributed by atoms with Crippen molar-refractivity contribution in [2.45, 2.75) is 20.8 Å². The number of nitrogens with one attached hydrogen (secondary N) is 2. The molecule has 4 aromatic heterocycles. The number of fused-ring (bicyclic) bond motifs is 1. The number of hydrogen-bond donors (Lipinski definition) is 2. The van der Waals surface area contributed by atoms with Crippen LogP contribution in [0.15, 0.2) is 39.5 Å². The standard InChI is InChI=1S/C18H16N6O3/c1-9-7-10(2)20-18(19-9)23-22-16(25)12-8-13(14-5-4-6-26-14)21-17-15(12)11(3)24-27-17/h4-8H,1-3H3,(H,22,25)(H,19,20,23). The number of furan rings is 1. The van der Waals surface area contributed by atoms with Crippen molar-refractivity contribution in [3.05, 3.63) is 53.2 Å². The van der Waals surface area contributed by atoms with Gasteiger partial charge in [-0.1, -0.05) is 5.16 Å². The van der Waals surface area contributed by atoms with Crippen LogP contribution in [-0.4, -0.2) is 26.0 Å². The molecule has 0 saturated heterocycles. The minimum absolute atomic E-state index is 0.259. The number of nitrogens with zero attached hydrogens (tertiary/aromatic N) is 4. The number of carbonyl (C=O) groups is 1. The van der Waals surface area contributed by atoms with Gasteiger partial charge in [0.05, 0.1) is 22.9 Å². The normalized spacial score (nSPS) is 10.9.